The van der Waals surface area contributed by atoms with Gasteiger partial charge in [-0.2, -0.15) is 22.6 Å². The summed E-state index contributed by atoms with van der Waals surface area (Å²) in [6.07, 6.45) is 0. The van der Waals surface area contributed by atoms with Gasteiger partial charge in [-0.05, 0) is 78.4 Å². The summed E-state index contributed by atoms with van der Waals surface area (Å²) in [6, 6.07) is 32.2. The summed E-state index contributed by atoms with van der Waals surface area (Å²) in [5.41, 5.74) is -2.62. The first-order valence-corrected chi connectivity index (χ1v) is 62.6. The average molecular weight is 2010 g/mol. The molecule has 0 radical (unpaired) electrons. The number of thiazole rings is 2. The van der Waals surface area contributed by atoms with Crippen LogP contribution in [0.5, 0.6) is 0 Å². The van der Waals surface area contributed by atoms with Gasteiger partial charge in [0.1, 0.15) is 0 Å². The van der Waals surface area contributed by atoms with E-state index in [1.165, 1.54) is 89.4 Å². The molecular weight excluding hydrogens is 1960 g/mol. The number of aryl methyl sites for hydroxylation is 2. The van der Waals surface area contributed by atoms with E-state index in [1.54, 1.807) is 168 Å². The molecule has 532 valence electrons. The van der Waals surface area contributed by atoms with E-state index in [9.17, 15) is 36.4 Å². The Hall–Kier alpha value is 2.07. The number of carbonyl (C=O) groups excluding carboxylic acids is 1. The van der Waals surface area contributed by atoms with Crippen LogP contribution in [0.3, 0.4) is 0 Å². The van der Waals surface area contributed by atoms with Gasteiger partial charge < -0.3 is 33.8 Å². The van der Waals surface area contributed by atoms with Gasteiger partial charge in [-0.3, -0.25) is 19.3 Å². The van der Waals surface area contributed by atoms with Crippen LogP contribution in [-0.4, -0.2) is 41.8 Å². The molecule has 12 nitrogen and oxygen atoms in total. The maximum Gasteiger partial charge on any atom is 1.00 e. The molecule has 5 aromatic carbocycles. The van der Waals surface area contributed by atoms with Crippen molar-refractivity contribution in [3.05, 3.63) is 184 Å². The van der Waals surface area contributed by atoms with Crippen molar-refractivity contribution < 1.29 is 85.7 Å². The van der Waals surface area contributed by atoms with Crippen LogP contribution < -0.4 is 39.2 Å². The molecule has 0 aliphatic rings. The second kappa shape index (κ2) is 55.5. The minimum atomic E-state index is -5.64. The van der Waals surface area contributed by atoms with E-state index in [4.69, 9.17) is 37.6 Å². The molecule has 0 fully saturated rings. The van der Waals surface area contributed by atoms with Crippen molar-refractivity contribution in [1.29, 1.82) is 5.41 Å². The summed E-state index contributed by atoms with van der Waals surface area (Å²) in [5, 5.41) is 11.9. The molecule has 97 heavy (non-hydrogen) atoms. The minimum absolute atomic E-state index is 0. The number of halogens is 6. The third-order valence-corrected chi connectivity index (χ3v) is 58.4. The number of alkyl halides is 4. The van der Waals surface area contributed by atoms with Gasteiger partial charge in [0.25, 0.3) is 5.91 Å². The fourth-order valence-corrected chi connectivity index (χ4v) is 58.2. The summed E-state index contributed by atoms with van der Waals surface area (Å²) in [5.74, 6) is -0.390. The Kier molecular flexibility index (Phi) is 56.7. The Balaban J connectivity index is 0.00000137. The number of nitrogens with zero attached hydrogens (tertiary/aromatic N) is 3. The third-order valence-electron chi connectivity index (χ3n) is 10.7. The van der Waals surface area contributed by atoms with Crippen molar-refractivity contribution in [2.75, 3.05) is 6.61 Å². The first-order valence-electron chi connectivity index (χ1n) is 25.4. The molecule has 0 aliphatic heterocycles. The number of hydrogen-bond donors (Lipinski definition) is 4. The van der Waals surface area contributed by atoms with Gasteiger partial charge >= 0.3 is 56.1 Å². The molecule has 2 aromatic heterocycles. The average Bonchev–Trinajstić information content (AvgIpc) is 1.64. The topological polar surface area (TPSA) is 197 Å². The third kappa shape index (κ3) is 35.3. The largest absolute Gasteiger partial charge is 1.00 e. The SMILES string of the molecule is CC.CC.CCOP(=O)(O)C(F)(F)c1ccc(Cn2c(-c3ccccc3)csc2=NC(=O)c2ccc(C)c(C)c2)cc1Br.N=c1scc(-c2ccccc2)n1Cc1ccc(C(F)(F)P(=O)(O)O)c(Br)c1.S=S=S=S=S=S=S=S=S=S=S=S.S=S=S=S=S=S=S=S=S=S=S=S=S.[Na+].[OH-]. The summed E-state index contributed by atoms with van der Waals surface area (Å²) in [4.78, 5) is 45.8. The van der Waals surface area contributed by atoms with E-state index in [0.29, 0.717) is 26.3 Å². The summed E-state index contributed by atoms with van der Waals surface area (Å²) in [7, 11) is 23.5. The van der Waals surface area contributed by atoms with Crippen molar-refractivity contribution in [1.82, 2.24) is 9.13 Å². The van der Waals surface area contributed by atoms with E-state index in [0.717, 1.165) is 45.8 Å². The minimum Gasteiger partial charge on any atom is -0.870 e. The number of benzene rings is 5. The summed E-state index contributed by atoms with van der Waals surface area (Å²) in [6.45, 7) is 13.4. The number of rotatable bonds is 13. The van der Waals surface area contributed by atoms with Crippen molar-refractivity contribution in [2.24, 2.45) is 4.99 Å². The Bertz CT molecular complexity index is 4960. The van der Waals surface area contributed by atoms with Crippen LogP contribution in [0, 0.1) is 19.3 Å². The fourth-order valence-electron chi connectivity index (χ4n) is 6.70. The first kappa shape index (κ1) is 99.1. The molecule has 0 spiro atoms. The van der Waals surface area contributed by atoms with Gasteiger partial charge in [0, 0.05) is 268 Å². The molecule has 0 saturated carbocycles. The van der Waals surface area contributed by atoms with Crippen LogP contribution in [0.25, 0.3) is 22.5 Å². The molecule has 7 rings (SSSR count). The van der Waals surface area contributed by atoms with E-state index < -0.39 is 37.6 Å². The molecule has 1 amide bonds. The monoisotopic (exact) mass is 2010 g/mol. The van der Waals surface area contributed by atoms with Gasteiger partial charge in [-0.1, -0.05) is 151 Å². The second-order valence-electron chi connectivity index (χ2n) is 16.1. The molecule has 0 saturated heterocycles. The molecule has 0 aliphatic carbocycles. The van der Waals surface area contributed by atoms with Crippen molar-refractivity contribution in [3.8, 4) is 22.5 Å². The molecule has 7 aromatic rings. The van der Waals surface area contributed by atoms with Crippen molar-refractivity contribution in [2.45, 2.75) is 72.9 Å². The summed E-state index contributed by atoms with van der Waals surface area (Å²) >= 11 is 27.5. The summed E-state index contributed by atoms with van der Waals surface area (Å²) < 4.78 is 88.8. The smallest absolute Gasteiger partial charge is 0.870 e. The van der Waals surface area contributed by atoms with Crippen LogP contribution in [0.15, 0.2) is 140 Å². The van der Waals surface area contributed by atoms with Crippen LogP contribution in [0.2, 0.25) is 0 Å². The molecule has 2 heterocycles. The Morgan fingerprint density at radius 1 is 0.567 bits per heavy atom. The maximum absolute atomic E-state index is 14.9. The van der Waals surface area contributed by atoms with Crippen LogP contribution in [-0.2, 0) is 269 Å². The Morgan fingerprint density at radius 2 is 0.938 bits per heavy atom. The normalized spacial score (nSPS) is 10.9. The molecule has 1 unspecified atom stereocenters. The number of amides is 1. The first-order chi connectivity index (χ1) is 45.4. The molecular formula is C49H53Br2F4N4NaO8P2S27. The fraction of sp³-hybridized carbons (Fsp3) is 0.245. The van der Waals surface area contributed by atoms with Gasteiger partial charge in [-0.25, -0.2) is 0 Å². The number of aromatic nitrogens is 2. The molecule has 1 atom stereocenters. The zero-order chi connectivity index (χ0) is 71.0. The van der Waals surface area contributed by atoms with Gasteiger partial charge in [-0.15, -0.1) is 22.7 Å². The number of nitrogens with one attached hydrogen (secondary N) is 1. The Morgan fingerprint density at radius 3 is 1.31 bits per heavy atom. The van der Waals surface area contributed by atoms with Gasteiger partial charge in [0.15, 0.2) is 9.60 Å². The quantitative estimate of drug-likeness (QED) is 0.0485. The Labute approximate surface area is 686 Å². The molecule has 48 heteroatoms. The standard InChI is InChI=1S/C28H26BrF2N2O4PS.C17H14BrF2N2O3PS.2C2H6.Na.H2O.S13.S12/c1-4-37-38(35,36)28(30,31)23-13-11-20(15-24(23)29)16-33-25(21-8-6-5-7-9-21)17-39-27(33)32-26(34)22-12-10-18(2)19(3)14-22;18-14-8-11(6-7-13(14)17(19,20)26(23,24)25)9-22-15(10-27-16(22)21)12-4-2-1-3-5-12;2*1-2;;;1-3-5-7-9-11-13-12-10-8-6-4-2;1-3-5-7-9-11-12-10-8-6-4-2/h5-15,17H,4,16H2,1-3H3,(H,35,36);1-8,10,21H,9H2,(H2,23,24,25);2*1-2H3;;1H2;;/q;;;;+1;;;/p-1. The van der Waals surface area contributed by atoms with Gasteiger partial charge in [0.2, 0.25) is 0 Å². The maximum atomic E-state index is 14.9. The van der Waals surface area contributed by atoms with Crippen LogP contribution in [0.4, 0.5) is 17.6 Å². The van der Waals surface area contributed by atoms with Crippen LogP contribution in [0.1, 0.15) is 78.4 Å². The zero-order valence-electron chi connectivity index (χ0n) is 50.7. The molecule has 0 bridgehead atoms. The van der Waals surface area contributed by atoms with E-state index in [1.807, 2.05) is 124 Å². The van der Waals surface area contributed by atoms with Crippen molar-refractivity contribution in [3.63, 3.8) is 0 Å². The van der Waals surface area contributed by atoms with Gasteiger partial charge in [0.05, 0.1) is 31.1 Å². The van der Waals surface area contributed by atoms with E-state index >= 15 is 0 Å². The molecule has 5 N–H and O–H groups in total. The van der Waals surface area contributed by atoms with Crippen molar-refractivity contribution >= 4 is 307 Å². The predicted octanol–water partition coefficient (Wildman–Crippen LogP) is 11.2. The van der Waals surface area contributed by atoms with E-state index in [2.05, 4.69) is 63.8 Å². The number of hydrogen-bond acceptors (Lipinski definition) is 12. The van der Waals surface area contributed by atoms with E-state index in [-0.39, 0.29) is 69.6 Å². The number of carbonyl (C=O) groups is 1. The van der Waals surface area contributed by atoms with Crippen LogP contribution >= 0.6 is 69.7 Å². The zero-order valence-corrected chi connectivity index (χ0v) is 79.7. The predicted molar refractivity (Wildman–Crippen MR) is 464 cm³/mol. The second-order valence-corrected chi connectivity index (χ2v) is 60.1.